The predicted octanol–water partition coefficient (Wildman–Crippen LogP) is 3.11. The second kappa shape index (κ2) is 4.58. The molecule has 1 atom stereocenters. The number of rotatable bonds is 3. The van der Waals surface area contributed by atoms with Crippen molar-refractivity contribution in [1.29, 1.82) is 0 Å². The van der Waals surface area contributed by atoms with Crippen LogP contribution in [0, 0.1) is 0 Å². The van der Waals surface area contributed by atoms with Gasteiger partial charge in [-0.1, -0.05) is 18.7 Å². The normalized spacial score (nSPS) is 28.3. The summed E-state index contributed by atoms with van der Waals surface area (Å²) in [6.07, 6.45) is 1.15. The van der Waals surface area contributed by atoms with Crippen LogP contribution in [0.5, 0.6) is 0 Å². The summed E-state index contributed by atoms with van der Waals surface area (Å²) in [6, 6.07) is 2.13. The van der Waals surface area contributed by atoms with E-state index in [2.05, 4.69) is 41.0 Å². The maximum absolute atomic E-state index is 4.58. The summed E-state index contributed by atoms with van der Waals surface area (Å²) in [4.78, 5) is 4.58. The molecule has 0 amide bonds. The van der Waals surface area contributed by atoms with Crippen molar-refractivity contribution in [3.05, 3.63) is 22.4 Å². The average molecular weight is 240 g/mol. The number of nitrogens with zero attached hydrogens (tertiary/aromatic N) is 1. The van der Waals surface area contributed by atoms with Crippen LogP contribution in [0.3, 0.4) is 0 Å². The summed E-state index contributed by atoms with van der Waals surface area (Å²) in [6.45, 7) is 5.28. The zero-order chi connectivity index (χ0) is 10.7. The molecule has 1 aliphatic heterocycles. The standard InChI is InChI=1S/C11H16N2S2/c1-3-11(2)8-15-10(13-11)12-6-9-4-5-14-7-9/h4-5,7H,3,6,8H2,1-2H3,(H,12,13). The van der Waals surface area contributed by atoms with E-state index in [9.17, 15) is 0 Å². The number of hydrogen-bond donors (Lipinski definition) is 1. The molecule has 1 aromatic rings. The highest BCUT2D eigenvalue weighted by Crippen LogP contribution is 2.25. The molecule has 0 saturated carbocycles. The van der Waals surface area contributed by atoms with Crippen molar-refractivity contribution in [1.82, 2.24) is 5.32 Å². The molecule has 1 fully saturated rings. The largest absolute Gasteiger partial charge is 0.359 e. The van der Waals surface area contributed by atoms with Crippen LogP contribution in [0.15, 0.2) is 21.8 Å². The van der Waals surface area contributed by atoms with Crippen molar-refractivity contribution in [2.24, 2.45) is 4.99 Å². The van der Waals surface area contributed by atoms with E-state index in [4.69, 9.17) is 0 Å². The molecule has 1 unspecified atom stereocenters. The van der Waals surface area contributed by atoms with Gasteiger partial charge in [-0.15, -0.1) is 0 Å². The van der Waals surface area contributed by atoms with Gasteiger partial charge in [0.25, 0.3) is 0 Å². The Labute approximate surface area is 99.2 Å². The molecule has 1 N–H and O–H groups in total. The van der Waals surface area contributed by atoms with Gasteiger partial charge in [-0.3, -0.25) is 4.99 Å². The van der Waals surface area contributed by atoms with E-state index < -0.39 is 0 Å². The first-order chi connectivity index (χ1) is 7.22. The van der Waals surface area contributed by atoms with Gasteiger partial charge in [0, 0.05) is 11.3 Å². The number of thiophene rings is 1. The van der Waals surface area contributed by atoms with Gasteiger partial charge in [0.2, 0.25) is 0 Å². The van der Waals surface area contributed by atoms with E-state index in [-0.39, 0.29) is 5.54 Å². The van der Waals surface area contributed by atoms with Crippen molar-refractivity contribution in [2.45, 2.75) is 32.4 Å². The Bertz CT molecular complexity index is 345. The van der Waals surface area contributed by atoms with E-state index in [1.165, 1.54) is 5.56 Å². The average Bonchev–Trinajstić information content (AvgIpc) is 2.85. The van der Waals surface area contributed by atoms with Crippen molar-refractivity contribution >= 4 is 28.3 Å². The quantitative estimate of drug-likeness (QED) is 0.878. The molecule has 1 saturated heterocycles. The van der Waals surface area contributed by atoms with Gasteiger partial charge < -0.3 is 5.32 Å². The first-order valence-corrected chi connectivity index (χ1v) is 7.11. The van der Waals surface area contributed by atoms with Crippen LogP contribution in [0.4, 0.5) is 0 Å². The van der Waals surface area contributed by atoms with E-state index in [1.54, 1.807) is 11.3 Å². The van der Waals surface area contributed by atoms with E-state index in [0.717, 1.165) is 23.9 Å². The molecule has 0 bridgehead atoms. The lowest BCUT2D eigenvalue weighted by Crippen LogP contribution is -2.39. The van der Waals surface area contributed by atoms with Crippen molar-refractivity contribution in [2.75, 3.05) is 5.75 Å². The predicted molar refractivity (Wildman–Crippen MR) is 69.7 cm³/mol. The Morgan fingerprint density at radius 2 is 2.47 bits per heavy atom. The maximum atomic E-state index is 4.58. The summed E-state index contributed by atoms with van der Waals surface area (Å²) >= 11 is 3.57. The van der Waals surface area contributed by atoms with Crippen molar-refractivity contribution in [3.63, 3.8) is 0 Å². The summed E-state index contributed by atoms with van der Waals surface area (Å²) < 4.78 is 0. The number of hydrogen-bond acceptors (Lipinski definition) is 3. The number of nitrogens with one attached hydrogen (secondary N) is 1. The van der Waals surface area contributed by atoms with Gasteiger partial charge >= 0.3 is 0 Å². The Morgan fingerprint density at radius 3 is 3.07 bits per heavy atom. The zero-order valence-electron chi connectivity index (χ0n) is 9.12. The monoisotopic (exact) mass is 240 g/mol. The van der Waals surface area contributed by atoms with Gasteiger partial charge in [-0.05, 0) is 35.7 Å². The SMILES string of the molecule is CCC1(C)CSC(=NCc2ccsc2)N1. The molecule has 82 valence electrons. The topological polar surface area (TPSA) is 24.4 Å². The van der Waals surface area contributed by atoms with Crippen LogP contribution < -0.4 is 5.32 Å². The number of aliphatic imine (C=N–C) groups is 1. The van der Waals surface area contributed by atoms with Gasteiger partial charge in [-0.2, -0.15) is 11.3 Å². The smallest absolute Gasteiger partial charge is 0.157 e. The third-order valence-electron chi connectivity index (χ3n) is 2.70. The molecule has 0 radical (unpaired) electrons. The minimum Gasteiger partial charge on any atom is -0.359 e. The molecule has 2 nitrogen and oxygen atoms in total. The summed E-state index contributed by atoms with van der Waals surface area (Å²) in [7, 11) is 0. The van der Waals surface area contributed by atoms with Crippen molar-refractivity contribution < 1.29 is 0 Å². The second-order valence-corrected chi connectivity index (χ2v) is 5.82. The zero-order valence-corrected chi connectivity index (χ0v) is 10.8. The number of amidine groups is 1. The van der Waals surface area contributed by atoms with Gasteiger partial charge in [-0.25, -0.2) is 0 Å². The van der Waals surface area contributed by atoms with Crippen molar-refractivity contribution in [3.8, 4) is 0 Å². The highest BCUT2D eigenvalue weighted by atomic mass is 32.2. The third-order valence-corrected chi connectivity index (χ3v) is 4.72. The minimum atomic E-state index is 0.248. The Kier molecular flexibility index (Phi) is 3.36. The fraction of sp³-hybridized carbons (Fsp3) is 0.545. The molecule has 1 aliphatic rings. The third kappa shape index (κ3) is 2.75. The van der Waals surface area contributed by atoms with Crippen LogP contribution >= 0.6 is 23.1 Å². The molecular weight excluding hydrogens is 224 g/mol. The number of thioether (sulfide) groups is 1. The van der Waals surface area contributed by atoms with Gasteiger partial charge in [0.1, 0.15) is 0 Å². The Morgan fingerprint density at radius 1 is 1.60 bits per heavy atom. The summed E-state index contributed by atoms with van der Waals surface area (Å²) in [5, 5.41) is 8.85. The first kappa shape index (κ1) is 11.0. The summed E-state index contributed by atoms with van der Waals surface area (Å²) in [5.41, 5.74) is 1.55. The molecule has 4 heteroatoms. The minimum absolute atomic E-state index is 0.248. The van der Waals surface area contributed by atoms with Crippen LogP contribution in [0.2, 0.25) is 0 Å². The van der Waals surface area contributed by atoms with Gasteiger partial charge in [0.15, 0.2) is 5.17 Å². The Balaban J connectivity index is 1.93. The van der Waals surface area contributed by atoms with Gasteiger partial charge in [0.05, 0.1) is 6.54 Å². The molecule has 0 aliphatic carbocycles. The molecule has 0 aromatic carbocycles. The van der Waals surface area contributed by atoms with Crippen LogP contribution in [0.1, 0.15) is 25.8 Å². The lowest BCUT2D eigenvalue weighted by molar-refractivity contribution is 0.466. The fourth-order valence-corrected chi connectivity index (χ4v) is 3.25. The lowest BCUT2D eigenvalue weighted by atomic mass is 10.0. The summed E-state index contributed by atoms with van der Waals surface area (Å²) in [5.74, 6) is 1.13. The highest BCUT2D eigenvalue weighted by molar-refractivity contribution is 8.14. The molecule has 15 heavy (non-hydrogen) atoms. The lowest BCUT2D eigenvalue weighted by Gasteiger charge is -2.20. The van der Waals surface area contributed by atoms with E-state index >= 15 is 0 Å². The second-order valence-electron chi connectivity index (χ2n) is 4.08. The van der Waals surface area contributed by atoms with E-state index in [0.29, 0.717) is 0 Å². The fourth-order valence-electron chi connectivity index (χ4n) is 1.38. The Hall–Kier alpha value is -0.480. The molecule has 2 rings (SSSR count). The molecule has 2 heterocycles. The molecular formula is C11H16N2S2. The maximum Gasteiger partial charge on any atom is 0.157 e. The van der Waals surface area contributed by atoms with Crippen LogP contribution in [-0.4, -0.2) is 16.5 Å². The molecule has 1 aromatic heterocycles. The first-order valence-electron chi connectivity index (χ1n) is 5.18. The molecule has 0 spiro atoms. The highest BCUT2D eigenvalue weighted by Gasteiger charge is 2.30. The van der Waals surface area contributed by atoms with Crippen LogP contribution in [0.25, 0.3) is 0 Å². The van der Waals surface area contributed by atoms with Crippen LogP contribution in [-0.2, 0) is 6.54 Å². The van der Waals surface area contributed by atoms with E-state index in [1.807, 2.05) is 11.8 Å².